The molecule has 24 valence electrons. The van der Waals surface area contributed by atoms with Crippen LogP contribution in [-0.2, 0) is 0 Å². The Morgan fingerprint density at radius 1 is 0.800 bits per heavy atom. The van der Waals surface area contributed by atoms with Crippen molar-refractivity contribution in [1.29, 1.82) is 0 Å². The van der Waals surface area contributed by atoms with Crippen molar-refractivity contribution >= 4 is 143 Å². The number of rotatable bonds is 0. The quantitative estimate of drug-likeness (QED) is 0.402. The van der Waals surface area contributed by atoms with Crippen molar-refractivity contribution in [3.05, 3.63) is 0 Å². The van der Waals surface area contributed by atoms with Gasteiger partial charge in [0.15, 0.2) is 0 Å². The average molecular weight is 179 g/mol. The summed E-state index contributed by atoms with van der Waals surface area (Å²) in [6, 6.07) is 0. The summed E-state index contributed by atoms with van der Waals surface area (Å²) in [6.45, 7) is 0. The molecule has 0 atom stereocenters. The van der Waals surface area contributed by atoms with Crippen molar-refractivity contribution in [1.82, 2.24) is 0 Å². The van der Waals surface area contributed by atoms with E-state index in [0.717, 1.165) is 0 Å². The predicted molar refractivity (Wildman–Crippen MR) is 37.3 cm³/mol. The molecule has 0 radical (unpaired) electrons. The van der Waals surface area contributed by atoms with E-state index in [1.165, 1.54) is 0 Å². The molecule has 5 heteroatoms. The van der Waals surface area contributed by atoms with E-state index in [2.05, 4.69) is 0 Å². The van der Waals surface area contributed by atoms with Gasteiger partial charge in [0.25, 0.3) is 0 Å². The second-order valence-corrected chi connectivity index (χ2v) is 0. The van der Waals surface area contributed by atoms with Crippen molar-refractivity contribution in [2.24, 2.45) is 0 Å². The molecule has 0 N–H and O–H groups in total. The Labute approximate surface area is 139 Å². The zero-order chi connectivity index (χ0) is 0. The van der Waals surface area contributed by atoms with Crippen LogP contribution < -0.4 is 0 Å². The SMILES string of the molecule is Cl.Cl.[CaH2].[KH].[NaH]. The maximum atomic E-state index is 0. The first kappa shape index (κ1) is 34.0. The Hall–Kier alpha value is 4.48. The van der Waals surface area contributed by atoms with Crippen LogP contribution in [0.15, 0.2) is 0 Å². The molecule has 0 aliphatic rings. The molecule has 0 spiro atoms. The van der Waals surface area contributed by atoms with E-state index in [1.54, 1.807) is 0 Å². The first-order valence-corrected chi connectivity index (χ1v) is 0. The predicted octanol–water partition coefficient (Wildman–Crippen LogP) is -1.37. The van der Waals surface area contributed by atoms with Crippen LogP contribution in [-0.4, -0.2) is 119 Å². The zero-order valence-corrected chi connectivity index (χ0v) is 2.45. The third kappa shape index (κ3) is 17.7. The van der Waals surface area contributed by atoms with Crippen LogP contribution >= 0.6 is 24.8 Å². The van der Waals surface area contributed by atoms with Gasteiger partial charge in [-0.2, -0.15) is 0 Å². The fourth-order valence-electron chi connectivity index (χ4n) is 0. The minimum absolute atomic E-state index is 0. The summed E-state index contributed by atoms with van der Waals surface area (Å²) in [5.41, 5.74) is 0. The topological polar surface area (TPSA) is 0 Å². The molecule has 0 rings (SSSR count). The molecule has 0 nitrogen and oxygen atoms in total. The molecule has 0 fully saturated rings. The van der Waals surface area contributed by atoms with Gasteiger partial charge in [-0.1, -0.05) is 0 Å². The second kappa shape index (κ2) is 23.6. The fraction of sp³-hybridized carbons (Fsp3) is 0. The third-order valence-electron chi connectivity index (χ3n) is 0. The number of hydrogen-bond donors (Lipinski definition) is 0. The van der Waals surface area contributed by atoms with Gasteiger partial charge in [-0.05, 0) is 0 Å². The Kier molecular flexibility index (Phi) is 161. The van der Waals surface area contributed by atoms with Crippen LogP contribution in [0.5, 0.6) is 0 Å². The molecular formula is H6CaCl2KNa. The van der Waals surface area contributed by atoms with Gasteiger partial charge < -0.3 is 0 Å². The molecule has 0 heterocycles. The molecule has 0 aliphatic carbocycles. The van der Waals surface area contributed by atoms with Crippen molar-refractivity contribution in [3.63, 3.8) is 0 Å². The van der Waals surface area contributed by atoms with E-state index in [1.807, 2.05) is 0 Å². The molecule has 0 bridgehead atoms. The van der Waals surface area contributed by atoms with Crippen LogP contribution in [0.25, 0.3) is 0 Å². The van der Waals surface area contributed by atoms with Gasteiger partial charge in [-0.3, -0.25) is 0 Å². The minimum atomic E-state index is 0. The van der Waals surface area contributed by atoms with Crippen molar-refractivity contribution < 1.29 is 0 Å². The summed E-state index contributed by atoms with van der Waals surface area (Å²) in [6.07, 6.45) is 0. The van der Waals surface area contributed by atoms with Crippen LogP contribution in [0.4, 0.5) is 0 Å². The van der Waals surface area contributed by atoms with Crippen molar-refractivity contribution in [2.45, 2.75) is 0 Å². The van der Waals surface area contributed by atoms with E-state index in [4.69, 9.17) is 0 Å². The summed E-state index contributed by atoms with van der Waals surface area (Å²) >= 11 is 0. The van der Waals surface area contributed by atoms with E-state index in [-0.39, 0.29) is 143 Å². The van der Waals surface area contributed by atoms with Gasteiger partial charge in [0.1, 0.15) is 0 Å². The Balaban J connectivity index is 0. The molecule has 0 saturated heterocycles. The molecule has 0 aromatic heterocycles. The number of hydrogen-bond acceptors (Lipinski definition) is 0. The summed E-state index contributed by atoms with van der Waals surface area (Å²) in [5, 5.41) is 0. The van der Waals surface area contributed by atoms with Crippen molar-refractivity contribution in [3.8, 4) is 0 Å². The second-order valence-electron chi connectivity index (χ2n) is 0. The molecule has 0 saturated carbocycles. The van der Waals surface area contributed by atoms with Gasteiger partial charge in [-0.25, -0.2) is 0 Å². The van der Waals surface area contributed by atoms with E-state index >= 15 is 0 Å². The molecule has 0 unspecified atom stereocenters. The molecule has 0 aromatic rings. The number of halogens is 2. The Morgan fingerprint density at radius 2 is 0.800 bits per heavy atom. The Morgan fingerprint density at radius 3 is 0.800 bits per heavy atom. The Bertz CT molecular complexity index is 9.61. The maximum absolute atomic E-state index is 0. The van der Waals surface area contributed by atoms with E-state index < -0.39 is 0 Å². The normalized spacial score (nSPS) is 0. The van der Waals surface area contributed by atoms with E-state index in [0.29, 0.717) is 0 Å². The molecule has 0 aromatic carbocycles. The fourth-order valence-corrected chi connectivity index (χ4v) is 0. The van der Waals surface area contributed by atoms with E-state index in [9.17, 15) is 0 Å². The van der Waals surface area contributed by atoms with Gasteiger partial charge in [0.2, 0.25) is 0 Å². The summed E-state index contributed by atoms with van der Waals surface area (Å²) < 4.78 is 0. The van der Waals surface area contributed by atoms with Crippen LogP contribution in [0, 0.1) is 0 Å². The molecule has 0 amide bonds. The monoisotopic (exact) mass is 178 g/mol. The first-order chi connectivity index (χ1) is 0. The summed E-state index contributed by atoms with van der Waals surface area (Å²) in [7, 11) is 0. The van der Waals surface area contributed by atoms with Gasteiger partial charge in [-0.15, -0.1) is 24.8 Å². The average Bonchev–Trinajstić information content (AvgIpc) is 0. The molecule has 5 heavy (non-hydrogen) atoms. The third-order valence-corrected chi connectivity index (χ3v) is 0. The summed E-state index contributed by atoms with van der Waals surface area (Å²) in [4.78, 5) is 0. The van der Waals surface area contributed by atoms with Crippen LogP contribution in [0.1, 0.15) is 0 Å². The first-order valence-electron chi connectivity index (χ1n) is 0. The van der Waals surface area contributed by atoms with Gasteiger partial charge in [0.05, 0.1) is 0 Å². The molecular weight excluding hydrogens is 173 g/mol. The summed E-state index contributed by atoms with van der Waals surface area (Å²) in [5.74, 6) is 0. The van der Waals surface area contributed by atoms with Gasteiger partial charge >= 0.3 is 119 Å². The standard InChI is InChI=1S/Ca.2ClH.K.Na.4H/h;2*1H;;;;;;. The molecule has 0 aliphatic heterocycles. The van der Waals surface area contributed by atoms with Gasteiger partial charge in [0, 0.05) is 0 Å². The van der Waals surface area contributed by atoms with Crippen molar-refractivity contribution in [2.75, 3.05) is 0 Å². The van der Waals surface area contributed by atoms with Crippen LogP contribution in [0.3, 0.4) is 0 Å². The van der Waals surface area contributed by atoms with Crippen LogP contribution in [0.2, 0.25) is 0 Å². The zero-order valence-electron chi connectivity index (χ0n) is 0.816.